The van der Waals surface area contributed by atoms with E-state index in [0.29, 0.717) is 16.7 Å². The maximum absolute atomic E-state index is 13.7. The monoisotopic (exact) mass is 293 g/mol. The van der Waals surface area contributed by atoms with Gasteiger partial charge in [0.1, 0.15) is 22.8 Å². The van der Waals surface area contributed by atoms with Crippen LogP contribution in [0.15, 0.2) is 18.2 Å². The summed E-state index contributed by atoms with van der Waals surface area (Å²) in [6.07, 6.45) is -0.143. The summed E-state index contributed by atoms with van der Waals surface area (Å²) in [5.41, 5.74) is 0.419. The number of fused-ring (bicyclic) bond motifs is 1. The number of esters is 1. The van der Waals surface area contributed by atoms with Gasteiger partial charge in [0.2, 0.25) is 0 Å². The van der Waals surface area contributed by atoms with Crippen molar-refractivity contribution in [2.75, 3.05) is 14.2 Å². The van der Waals surface area contributed by atoms with E-state index < -0.39 is 11.8 Å². The molecule has 1 aromatic carbocycles. The van der Waals surface area contributed by atoms with Gasteiger partial charge in [-0.15, -0.1) is 0 Å². The standard InChI is InChI=1S/C15H16FNO4/c1-8(2)21-12-7-11(15(18)20-4)17-14-10(12)5-9(16)6-13(14)19-3/h5-8H,1-4H3. The molecule has 6 heteroatoms. The Labute approximate surface area is 121 Å². The van der Waals surface area contributed by atoms with E-state index in [1.165, 1.54) is 32.4 Å². The lowest BCUT2D eigenvalue weighted by Gasteiger charge is -2.15. The summed E-state index contributed by atoms with van der Waals surface area (Å²) >= 11 is 0. The van der Waals surface area contributed by atoms with Crippen LogP contribution in [0.2, 0.25) is 0 Å². The minimum atomic E-state index is -0.600. The van der Waals surface area contributed by atoms with Gasteiger partial charge in [-0.2, -0.15) is 0 Å². The number of aromatic nitrogens is 1. The summed E-state index contributed by atoms with van der Waals surface area (Å²) in [6.45, 7) is 3.67. The van der Waals surface area contributed by atoms with Gasteiger partial charge in [0.15, 0.2) is 5.69 Å². The second-order valence-corrected chi connectivity index (χ2v) is 4.67. The highest BCUT2D eigenvalue weighted by molar-refractivity contribution is 5.96. The molecule has 21 heavy (non-hydrogen) atoms. The number of ether oxygens (including phenoxy) is 3. The quantitative estimate of drug-likeness (QED) is 0.811. The number of benzene rings is 1. The van der Waals surface area contributed by atoms with Crippen LogP contribution in [0.3, 0.4) is 0 Å². The molecule has 0 amide bonds. The largest absolute Gasteiger partial charge is 0.494 e. The SMILES string of the molecule is COC(=O)c1cc(OC(C)C)c2cc(F)cc(OC)c2n1. The second-order valence-electron chi connectivity index (χ2n) is 4.67. The van der Waals surface area contributed by atoms with Crippen molar-refractivity contribution in [3.05, 3.63) is 29.7 Å². The van der Waals surface area contributed by atoms with Crippen LogP contribution in [0.4, 0.5) is 4.39 Å². The number of pyridine rings is 1. The van der Waals surface area contributed by atoms with Gasteiger partial charge in [0.05, 0.1) is 20.3 Å². The molecule has 2 aromatic rings. The molecule has 1 aromatic heterocycles. The molecule has 0 aliphatic rings. The third-order valence-corrected chi connectivity index (χ3v) is 2.78. The average molecular weight is 293 g/mol. The third-order valence-electron chi connectivity index (χ3n) is 2.78. The van der Waals surface area contributed by atoms with Crippen LogP contribution in [-0.4, -0.2) is 31.3 Å². The van der Waals surface area contributed by atoms with E-state index in [9.17, 15) is 9.18 Å². The van der Waals surface area contributed by atoms with Crippen molar-refractivity contribution >= 4 is 16.9 Å². The normalized spacial score (nSPS) is 10.8. The molecule has 0 aliphatic heterocycles. The van der Waals surface area contributed by atoms with Crippen LogP contribution in [0.25, 0.3) is 10.9 Å². The molecule has 0 aliphatic carbocycles. The summed E-state index contributed by atoms with van der Waals surface area (Å²) in [7, 11) is 2.67. The average Bonchev–Trinajstić information content (AvgIpc) is 2.45. The Kier molecular flexibility index (Phi) is 4.26. The Hall–Kier alpha value is -2.37. The van der Waals surface area contributed by atoms with Crippen molar-refractivity contribution < 1.29 is 23.4 Å². The van der Waals surface area contributed by atoms with Gasteiger partial charge in [-0.05, 0) is 19.9 Å². The molecule has 0 atom stereocenters. The molecular formula is C15H16FNO4. The van der Waals surface area contributed by atoms with Crippen molar-refractivity contribution in [2.24, 2.45) is 0 Å². The lowest BCUT2D eigenvalue weighted by atomic mass is 10.1. The van der Waals surface area contributed by atoms with Gasteiger partial charge in [0.25, 0.3) is 0 Å². The molecule has 0 saturated heterocycles. The first-order chi connectivity index (χ1) is 9.96. The number of rotatable bonds is 4. The summed E-state index contributed by atoms with van der Waals surface area (Å²) in [4.78, 5) is 15.9. The predicted molar refractivity (Wildman–Crippen MR) is 75.4 cm³/mol. The molecule has 5 nitrogen and oxygen atoms in total. The van der Waals surface area contributed by atoms with Gasteiger partial charge < -0.3 is 14.2 Å². The molecule has 0 saturated carbocycles. The maximum Gasteiger partial charge on any atom is 0.356 e. The highest BCUT2D eigenvalue weighted by Gasteiger charge is 2.17. The Morgan fingerprint density at radius 3 is 2.48 bits per heavy atom. The molecule has 0 unspecified atom stereocenters. The smallest absolute Gasteiger partial charge is 0.356 e. The summed E-state index contributed by atoms with van der Waals surface area (Å²) in [5, 5.41) is 0.438. The summed E-state index contributed by atoms with van der Waals surface area (Å²) in [6, 6.07) is 3.94. The fourth-order valence-electron chi connectivity index (χ4n) is 1.95. The Bertz CT molecular complexity index is 685. The van der Waals surface area contributed by atoms with Gasteiger partial charge >= 0.3 is 5.97 Å². The Morgan fingerprint density at radius 1 is 1.19 bits per heavy atom. The number of carbonyl (C=O) groups excluding carboxylic acids is 1. The number of methoxy groups -OCH3 is 2. The van der Waals surface area contributed by atoms with Crippen molar-refractivity contribution in [3.8, 4) is 11.5 Å². The zero-order chi connectivity index (χ0) is 15.6. The first-order valence-corrected chi connectivity index (χ1v) is 6.39. The van der Waals surface area contributed by atoms with Gasteiger partial charge in [0, 0.05) is 17.5 Å². The molecular weight excluding hydrogens is 277 g/mol. The van der Waals surface area contributed by atoms with Crippen LogP contribution in [0, 0.1) is 5.82 Å². The molecule has 0 spiro atoms. The van der Waals surface area contributed by atoms with Crippen molar-refractivity contribution in [1.29, 1.82) is 0 Å². The zero-order valence-corrected chi connectivity index (χ0v) is 12.3. The van der Waals surface area contributed by atoms with Gasteiger partial charge in [-0.1, -0.05) is 0 Å². The van der Waals surface area contributed by atoms with E-state index in [-0.39, 0.29) is 17.5 Å². The highest BCUT2D eigenvalue weighted by atomic mass is 19.1. The molecule has 0 radical (unpaired) electrons. The van der Waals surface area contributed by atoms with Crippen LogP contribution in [0.5, 0.6) is 11.5 Å². The molecule has 112 valence electrons. The van der Waals surface area contributed by atoms with Crippen molar-refractivity contribution in [2.45, 2.75) is 20.0 Å². The molecule has 0 bridgehead atoms. The minimum Gasteiger partial charge on any atom is -0.494 e. The van der Waals surface area contributed by atoms with Crippen molar-refractivity contribution in [1.82, 2.24) is 4.98 Å². The Morgan fingerprint density at radius 2 is 1.90 bits per heavy atom. The fraction of sp³-hybridized carbons (Fsp3) is 0.333. The first-order valence-electron chi connectivity index (χ1n) is 6.39. The fourth-order valence-corrected chi connectivity index (χ4v) is 1.95. The van der Waals surface area contributed by atoms with Gasteiger partial charge in [-0.25, -0.2) is 14.2 Å². The van der Waals surface area contributed by atoms with E-state index in [0.717, 1.165) is 0 Å². The highest BCUT2D eigenvalue weighted by Crippen LogP contribution is 2.33. The van der Waals surface area contributed by atoms with E-state index in [4.69, 9.17) is 9.47 Å². The number of hydrogen-bond acceptors (Lipinski definition) is 5. The summed E-state index contributed by atoms with van der Waals surface area (Å²) in [5.74, 6) is -0.491. The second kappa shape index (κ2) is 5.95. The molecule has 2 rings (SSSR count). The van der Waals surface area contributed by atoms with Crippen molar-refractivity contribution in [3.63, 3.8) is 0 Å². The maximum atomic E-state index is 13.7. The Balaban J connectivity index is 2.77. The van der Waals surface area contributed by atoms with E-state index in [1.807, 2.05) is 13.8 Å². The topological polar surface area (TPSA) is 57.7 Å². The van der Waals surface area contributed by atoms with E-state index in [2.05, 4.69) is 9.72 Å². The van der Waals surface area contributed by atoms with E-state index >= 15 is 0 Å². The van der Waals surface area contributed by atoms with Crippen LogP contribution in [-0.2, 0) is 4.74 Å². The first kappa shape index (κ1) is 15.0. The molecule has 1 heterocycles. The minimum absolute atomic E-state index is 0.0746. The van der Waals surface area contributed by atoms with Crippen LogP contribution in [0.1, 0.15) is 24.3 Å². The number of nitrogens with zero attached hydrogens (tertiary/aromatic N) is 1. The van der Waals surface area contributed by atoms with Gasteiger partial charge in [-0.3, -0.25) is 0 Å². The van der Waals surface area contributed by atoms with Crippen LogP contribution < -0.4 is 9.47 Å². The molecule has 0 N–H and O–H groups in total. The lowest BCUT2D eigenvalue weighted by molar-refractivity contribution is 0.0593. The predicted octanol–water partition coefficient (Wildman–Crippen LogP) is 2.96. The molecule has 0 fully saturated rings. The lowest BCUT2D eigenvalue weighted by Crippen LogP contribution is -2.10. The zero-order valence-electron chi connectivity index (χ0n) is 12.3. The number of hydrogen-bond donors (Lipinski definition) is 0. The summed E-state index contributed by atoms with van der Waals surface area (Å²) < 4.78 is 29.1. The van der Waals surface area contributed by atoms with E-state index in [1.54, 1.807) is 0 Å². The number of halogens is 1. The third kappa shape index (κ3) is 3.04. The number of carbonyl (C=O) groups is 1. The van der Waals surface area contributed by atoms with Crippen LogP contribution >= 0.6 is 0 Å².